The Morgan fingerprint density at radius 1 is 1.43 bits per heavy atom. The van der Waals surface area contributed by atoms with Crippen LogP contribution in [0.1, 0.15) is 40.0 Å². The van der Waals surface area contributed by atoms with Crippen LogP contribution in [-0.4, -0.2) is 24.1 Å². The highest BCUT2D eigenvalue weighted by Crippen LogP contribution is 2.09. The number of nitrogens with one attached hydrogen (secondary N) is 1. The summed E-state index contributed by atoms with van der Waals surface area (Å²) in [6.45, 7) is 10.7. The van der Waals surface area contributed by atoms with Crippen molar-refractivity contribution in [2.45, 2.75) is 52.1 Å². The minimum absolute atomic E-state index is 0.504. The fourth-order valence-corrected chi connectivity index (χ4v) is 2.04. The van der Waals surface area contributed by atoms with E-state index < -0.39 is 0 Å². The third-order valence-corrected chi connectivity index (χ3v) is 3.06. The van der Waals surface area contributed by atoms with E-state index in [1.807, 2.05) is 11.8 Å². The predicted octanol–water partition coefficient (Wildman–Crippen LogP) is 3.46. The molecule has 0 saturated heterocycles. The summed E-state index contributed by atoms with van der Waals surface area (Å²) < 4.78 is 0. The van der Waals surface area contributed by atoms with Crippen molar-refractivity contribution in [3.63, 3.8) is 0 Å². The van der Waals surface area contributed by atoms with E-state index in [2.05, 4.69) is 38.9 Å². The number of rotatable bonds is 8. The normalized spacial score (nSPS) is 15.1. The van der Waals surface area contributed by atoms with Crippen LogP contribution in [0.5, 0.6) is 0 Å². The highest BCUT2D eigenvalue weighted by molar-refractivity contribution is 7.98. The van der Waals surface area contributed by atoms with Gasteiger partial charge in [0.15, 0.2) is 0 Å². The average molecular weight is 215 g/mol. The topological polar surface area (TPSA) is 12.0 Å². The van der Waals surface area contributed by atoms with Gasteiger partial charge in [-0.15, -0.1) is 0 Å². The summed E-state index contributed by atoms with van der Waals surface area (Å²) in [6, 6.07) is 1.12. The highest BCUT2D eigenvalue weighted by Gasteiger charge is 2.11. The van der Waals surface area contributed by atoms with Crippen LogP contribution in [0.15, 0.2) is 12.2 Å². The molecule has 1 N–H and O–H groups in total. The molecule has 84 valence electrons. The molecule has 1 nitrogen and oxygen atoms in total. The van der Waals surface area contributed by atoms with Crippen molar-refractivity contribution in [3.8, 4) is 0 Å². The maximum absolute atomic E-state index is 4.05. The van der Waals surface area contributed by atoms with Crippen LogP contribution in [-0.2, 0) is 0 Å². The SMILES string of the molecule is C=C(C)[C@H](CCSC)N[C@H](C)CCC. The van der Waals surface area contributed by atoms with Crippen LogP contribution in [0.2, 0.25) is 0 Å². The minimum Gasteiger partial charge on any atom is -0.308 e. The first-order chi connectivity index (χ1) is 6.61. The number of thioether (sulfide) groups is 1. The Morgan fingerprint density at radius 3 is 2.50 bits per heavy atom. The summed E-state index contributed by atoms with van der Waals surface area (Å²) >= 11 is 1.91. The van der Waals surface area contributed by atoms with Gasteiger partial charge in [-0.05, 0) is 38.7 Å². The second kappa shape index (κ2) is 8.37. The van der Waals surface area contributed by atoms with Crippen molar-refractivity contribution in [2.24, 2.45) is 0 Å². The largest absolute Gasteiger partial charge is 0.308 e. The second-order valence-electron chi connectivity index (χ2n) is 4.04. The Bertz CT molecular complexity index is 156. The summed E-state index contributed by atoms with van der Waals surface area (Å²) in [5.41, 5.74) is 1.27. The van der Waals surface area contributed by atoms with Crippen LogP contribution in [0, 0.1) is 0 Å². The molecule has 0 radical (unpaired) electrons. The molecule has 0 amide bonds. The molecule has 0 aliphatic carbocycles. The monoisotopic (exact) mass is 215 g/mol. The molecule has 0 saturated carbocycles. The summed E-state index contributed by atoms with van der Waals surface area (Å²) in [5, 5.41) is 3.64. The Balaban J connectivity index is 3.89. The maximum atomic E-state index is 4.05. The van der Waals surface area contributed by atoms with Gasteiger partial charge in [0.2, 0.25) is 0 Å². The molecule has 0 bridgehead atoms. The van der Waals surface area contributed by atoms with E-state index in [1.54, 1.807) is 0 Å². The first-order valence-corrected chi connectivity index (χ1v) is 6.91. The molecule has 2 atom stereocenters. The van der Waals surface area contributed by atoms with E-state index in [9.17, 15) is 0 Å². The van der Waals surface area contributed by atoms with Crippen molar-refractivity contribution in [1.29, 1.82) is 0 Å². The van der Waals surface area contributed by atoms with E-state index in [1.165, 1.54) is 30.6 Å². The third-order valence-electron chi connectivity index (χ3n) is 2.41. The summed E-state index contributed by atoms with van der Waals surface area (Å²) in [4.78, 5) is 0. The van der Waals surface area contributed by atoms with Gasteiger partial charge in [0.25, 0.3) is 0 Å². The fraction of sp³-hybridized carbons (Fsp3) is 0.833. The predicted molar refractivity (Wildman–Crippen MR) is 69.1 cm³/mol. The molecule has 0 spiro atoms. The zero-order valence-corrected chi connectivity index (χ0v) is 10.9. The van der Waals surface area contributed by atoms with E-state index in [-0.39, 0.29) is 0 Å². The quantitative estimate of drug-likeness (QED) is 0.622. The Kier molecular flexibility index (Phi) is 8.40. The van der Waals surface area contributed by atoms with Crippen LogP contribution >= 0.6 is 11.8 Å². The maximum Gasteiger partial charge on any atom is 0.0284 e. The molecule has 0 heterocycles. The fourth-order valence-electron chi connectivity index (χ4n) is 1.57. The summed E-state index contributed by atoms with van der Waals surface area (Å²) in [7, 11) is 0. The lowest BCUT2D eigenvalue weighted by molar-refractivity contribution is 0.450. The van der Waals surface area contributed by atoms with Crippen molar-refractivity contribution in [2.75, 3.05) is 12.0 Å². The first kappa shape index (κ1) is 14.1. The molecule has 0 unspecified atom stereocenters. The molecule has 0 aromatic heterocycles. The van der Waals surface area contributed by atoms with E-state index >= 15 is 0 Å². The Morgan fingerprint density at radius 2 is 2.07 bits per heavy atom. The summed E-state index contributed by atoms with van der Waals surface area (Å²) in [6.07, 6.45) is 5.86. The van der Waals surface area contributed by atoms with Gasteiger partial charge < -0.3 is 5.32 Å². The van der Waals surface area contributed by atoms with Gasteiger partial charge in [-0.2, -0.15) is 11.8 Å². The third kappa shape index (κ3) is 6.50. The van der Waals surface area contributed by atoms with E-state index in [0.717, 1.165) is 0 Å². The Labute approximate surface area is 93.7 Å². The van der Waals surface area contributed by atoms with Crippen LogP contribution in [0.3, 0.4) is 0 Å². The molecule has 0 aromatic rings. The average Bonchev–Trinajstić information content (AvgIpc) is 2.12. The standard InChI is InChI=1S/C12H25NS/c1-6-7-11(4)13-12(10(2)3)8-9-14-5/h11-13H,2,6-9H2,1,3-5H3/t11-,12+/m1/s1. The Hall–Kier alpha value is 0.0500. The van der Waals surface area contributed by atoms with Gasteiger partial charge in [-0.3, -0.25) is 0 Å². The lowest BCUT2D eigenvalue weighted by Crippen LogP contribution is -2.37. The van der Waals surface area contributed by atoms with Gasteiger partial charge in [0.1, 0.15) is 0 Å². The van der Waals surface area contributed by atoms with Gasteiger partial charge in [-0.25, -0.2) is 0 Å². The van der Waals surface area contributed by atoms with Crippen molar-refractivity contribution in [3.05, 3.63) is 12.2 Å². The van der Waals surface area contributed by atoms with Crippen molar-refractivity contribution >= 4 is 11.8 Å². The molecular formula is C12H25NS. The van der Waals surface area contributed by atoms with Crippen molar-refractivity contribution in [1.82, 2.24) is 5.32 Å². The van der Waals surface area contributed by atoms with E-state index in [0.29, 0.717) is 12.1 Å². The van der Waals surface area contributed by atoms with Gasteiger partial charge >= 0.3 is 0 Å². The molecule has 0 aliphatic heterocycles. The molecule has 0 aliphatic rings. The van der Waals surface area contributed by atoms with Crippen LogP contribution in [0.4, 0.5) is 0 Å². The zero-order chi connectivity index (χ0) is 11.0. The first-order valence-electron chi connectivity index (χ1n) is 5.52. The molecular weight excluding hydrogens is 190 g/mol. The second-order valence-corrected chi connectivity index (χ2v) is 5.02. The zero-order valence-electron chi connectivity index (χ0n) is 10.1. The minimum atomic E-state index is 0.504. The summed E-state index contributed by atoms with van der Waals surface area (Å²) in [5.74, 6) is 1.21. The van der Waals surface area contributed by atoms with Crippen LogP contribution < -0.4 is 5.32 Å². The molecule has 0 aromatic carbocycles. The lowest BCUT2D eigenvalue weighted by atomic mass is 10.1. The molecule has 14 heavy (non-hydrogen) atoms. The highest BCUT2D eigenvalue weighted by atomic mass is 32.2. The van der Waals surface area contributed by atoms with E-state index in [4.69, 9.17) is 0 Å². The molecule has 0 rings (SSSR count). The smallest absolute Gasteiger partial charge is 0.0284 e. The molecule has 0 fully saturated rings. The number of hydrogen-bond donors (Lipinski definition) is 1. The molecule has 2 heteroatoms. The van der Waals surface area contributed by atoms with Gasteiger partial charge in [0.05, 0.1) is 0 Å². The van der Waals surface area contributed by atoms with Gasteiger partial charge in [-0.1, -0.05) is 25.5 Å². The number of hydrogen-bond acceptors (Lipinski definition) is 2. The van der Waals surface area contributed by atoms with Gasteiger partial charge in [0, 0.05) is 12.1 Å². The van der Waals surface area contributed by atoms with Crippen molar-refractivity contribution < 1.29 is 0 Å². The lowest BCUT2D eigenvalue weighted by Gasteiger charge is -2.23. The van der Waals surface area contributed by atoms with Crippen LogP contribution in [0.25, 0.3) is 0 Å².